The molecule has 1 aromatic carbocycles. The van der Waals surface area contributed by atoms with Crippen molar-refractivity contribution in [3.63, 3.8) is 0 Å². The van der Waals surface area contributed by atoms with E-state index in [0.29, 0.717) is 5.92 Å². The third-order valence-electron chi connectivity index (χ3n) is 3.79. The van der Waals surface area contributed by atoms with Crippen LogP contribution in [0.4, 0.5) is 10.5 Å². The number of nitrogens with one attached hydrogen (secondary N) is 2. The number of hydrogen-bond donors (Lipinski definition) is 2. The normalized spacial score (nSPS) is 17.7. The first-order chi connectivity index (χ1) is 11.3. The van der Waals surface area contributed by atoms with Gasteiger partial charge in [0.05, 0.1) is 0 Å². The number of anilines is 1. The molecule has 6 nitrogen and oxygen atoms in total. The molecule has 126 valence electrons. The Morgan fingerprint density at radius 2 is 1.92 bits per heavy atom. The van der Waals surface area contributed by atoms with Gasteiger partial charge in [0.2, 0.25) is 11.8 Å². The predicted octanol–water partition coefficient (Wildman–Crippen LogP) is 2.62. The van der Waals surface area contributed by atoms with E-state index in [9.17, 15) is 14.4 Å². The van der Waals surface area contributed by atoms with Crippen molar-refractivity contribution in [2.75, 3.05) is 11.9 Å². The third kappa shape index (κ3) is 3.53. The van der Waals surface area contributed by atoms with E-state index in [1.54, 1.807) is 0 Å². The Balaban J connectivity index is 2.15. The van der Waals surface area contributed by atoms with Gasteiger partial charge in [-0.1, -0.05) is 38.6 Å². The highest BCUT2D eigenvalue weighted by molar-refractivity contribution is 6.18. The molecule has 1 atom stereocenters. The van der Waals surface area contributed by atoms with Crippen molar-refractivity contribution >= 4 is 23.5 Å². The van der Waals surface area contributed by atoms with Crippen molar-refractivity contribution in [1.29, 1.82) is 0 Å². The van der Waals surface area contributed by atoms with E-state index in [-0.39, 0.29) is 12.2 Å². The zero-order valence-electron chi connectivity index (χ0n) is 13.8. The number of amides is 4. The topological polar surface area (TPSA) is 78.5 Å². The average molecular weight is 327 g/mol. The van der Waals surface area contributed by atoms with Gasteiger partial charge >= 0.3 is 6.03 Å². The minimum atomic E-state index is -1.16. The van der Waals surface area contributed by atoms with Gasteiger partial charge in [0.25, 0.3) is 0 Å². The van der Waals surface area contributed by atoms with E-state index in [0.717, 1.165) is 10.6 Å². The van der Waals surface area contributed by atoms with Gasteiger partial charge in [-0.25, -0.2) is 4.79 Å². The maximum atomic E-state index is 12.4. The fraction of sp³-hybridized carbons (Fsp3) is 0.278. The minimum absolute atomic E-state index is 0.0326. The molecule has 2 N–H and O–H groups in total. The summed E-state index contributed by atoms with van der Waals surface area (Å²) >= 11 is 0. The zero-order chi connectivity index (χ0) is 17.9. The molecule has 4 amide bonds. The van der Waals surface area contributed by atoms with Crippen LogP contribution in [0.3, 0.4) is 0 Å². The second-order valence-electron chi connectivity index (χ2n) is 5.89. The van der Waals surface area contributed by atoms with Crippen LogP contribution in [0.25, 0.3) is 0 Å². The molecular weight excluding hydrogens is 306 g/mol. The van der Waals surface area contributed by atoms with Crippen LogP contribution in [0.2, 0.25) is 0 Å². The SMILES string of the molecule is C=CCN1C(=O)NC(=O)[C@@H](C(=C)Nc2ccc(C(C)C)cc2)C1=O. The van der Waals surface area contributed by atoms with Gasteiger partial charge in [0.1, 0.15) is 0 Å². The van der Waals surface area contributed by atoms with Crippen molar-refractivity contribution in [2.24, 2.45) is 5.92 Å². The van der Waals surface area contributed by atoms with Crippen LogP contribution in [0.5, 0.6) is 0 Å². The van der Waals surface area contributed by atoms with Crippen molar-refractivity contribution in [2.45, 2.75) is 19.8 Å². The molecule has 0 saturated carbocycles. The summed E-state index contributed by atoms with van der Waals surface area (Å²) in [5.41, 5.74) is 2.12. The molecule has 2 rings (SSSR count). The number of hydrogen-bond acceptors (Lipinski definition) is 4. The maximum absolute atomic E-state index is 12.4. The van der Waals surface area contributed by atoms with Gasteiger partial charge < -0.3 is 5.32 Å². The van der Waals surface area contributed by atoms with Gasteiger partial charge in [-0.15, -0.1) is 6.58 Å². The number of benzene rings is 1. The highest BCUT2D eigenvalue weighted by Gasteiger charge is 2.41. The first-order valence-corrected chi connectivity index (χ1v) is 7.68. The van der Waals surface area contributed by atoms with Gasteiger partial charge in [0.15, 0.2) is 5.92 Å². The van der Waals surface area contributed by atoms with Crippen LogP contribution >= 0.6 is 0 Å². The molecule has 1 saturated heterocycles. The van der Waals surface area contributed by atoms with Crippen molar-refractivity contribution < 1.29 is 14.4 Å². The lowest BCUT2D eigenvalue weighted by atomic mass is 10.00. The lowest BCUT2D eigenvalue weighted by Crippen LogP contribution is -2.58. The molecule has 1 fully saturated rings. The Hall–Kier alpha value is -2.89. The number of nitrogens with zero attached hydrogens (tertiary/aromatic N) is 1. The number of carbonyl (C=O) groups excluding carboxylic acids is 3. The van der Waals surface area contributed by atoms with Crippen LogP contribution in [0.1, 0.15) is 25.3 Å². The Morgan fingerprint density at radius 1 is 1.29 bits per heavy atom. The number of rotatable bonds is 6. The molecule has 1 aliphatic heterocycles. The summed E-state index contributed by atoms with van der Waals surface area (Å²) in [5.74, 6) is -2.04. The minimum Gasteiger partial charge on any atom is -0.358 e. The number of barbiturate groups is 1. The van der Waals surface area contributed by atoms with E-state index in [1.165, 1.54) is 11.6 Å². The Bertz CT molecular complexity index is 692. The second kappa shape index (κ2) is 7.12. The quantitative estimate of drug-likeness (QED) is 0.622. The van der Waals surface area contributed by atoms with E-state index < -0.39 is 23.8 Å². The summed E-state index contributed by atoms with van der Waals surface area (Å²) in [6.07, 6.45) is 1.42. The van der Waals surface area contributed by atoms with Gasteiger partial charge in [0, 0.05) is 17.9 Å². The second-order valence-corrected chi connectivity index (χ2v) is 5.89. The van der Waals surface area contributed by atoms with E-state index in [4.69, 9.17) is 0 Å². The third-order valence-corrected chi connectivity index (χ3v) is 3.79. The largest absolute Gasteiger partial charge is 0.358 e. The summed E-state index contributed by atoms with van der Waals surface area (Å²) in [6, 6.07) is 6.92. The van der Waals surface area contributed by atoms with Crippen molar-refractivity contribution in [1.82, 2.24) is 10.2 Å². The van der Waals surface area contributed by atoms with Crippen molar-refractivity contribution in [3.8, 4) is 0 Å². The van der Waals surface area contributed by atoms with E-state index in [2.05, 4.69) is 37.6 Å². The lowest BCUT2D eigenvalue weighted by Gasteiger charge is -2.30. The first kappa shape index (κ1) is 17.5. The fourth-order valence-corrected chi connectivity index (χ4v) is 2.43. The summed E-state index contributed by atoms with van der Waals surface area (Å²) in [4.78, 5) is 37.1. The van der Waals surface area contributed by atoms with Crippen LogP contribution in [0, 0.1) is 5.92 Å². The van der Waals surface area contributed by atoms with Gasteiger partial charge in [-0.3, -0.25) is 19.8 Å². The summed E-state index contributed by atoms with van der Waals surface area (Å²) in [6.45, 7) is 11.5. The highest BCUT2D eigenvalue weighted by Crippen LogP contribution is 2.22. The predicted molar refractivity (Wildman–Crippen MR) is 92.2 cm³/mol. The van der Waals surface area contributed by atoms with Crippen LogP contribution in [-0.2, 0) is 9.59 Å². The molecule has 0 bridgehead atoms. The highest BCUT2D eigenvalue weighted by atomic mass is 16.2. The lowest BCUT2D eigenvalue weighted by molar-refractivity contribution is -0.140. The molecular formula is C18H21N3O3. The summed E-state index contributed by atoms with van der Waals surface area (Å²) < 4.78 is 0. The van der Waals surface area contributed by atoms with Gasteiger partial charge in [-0.2, -0.15) is 0 Å². The first-order valence-electron chi connectivity index (χ1n) is 7.68. The number of carbonyl (C=O) groups is 3. The molecule has 24 heavy (non-hydrogen) atoms. The monoisotopic (exact) mass is 327 g/mol. The number of imide groups is 2. The van der Waals surface area contributed by atoms with E-state index >= 15 is 0 Å². The molecule has 0 unspecified atom stereocenters. The standard InChI is InChI=1S/C18H21N3O3/c1-5-10-21-17(23)15(16(22)20-18(21)24)12(4)19-14-8-6-13(7-9-14)11(2)3/h5-9,11,15,19H,1,4,10H2,2-3H3,(H,20,22,24)/t15-/m1/s1. The Labute approximate surface area is 141 Å². The van der Waals surface area contributed by atoms with Crippen LogP contribution < -0.4 is 10.6 Å². The average Bonchev–Trinajstić information content (AvgIpc) is 2.51. The maximum Gasteiger partial charge on any atom is 0.331 e. The zero-order valence-corrected chi connectivity index (χ0v) is 13.8. The molecule has 1 heterocycles. The Kier molecular flexibility index (Phi) is 5.18. The Morgan fingerprint density at radius 3 is 2.46 bits per heavy atom. The molecule has 6 heteroatoms. The molecule has 1 aromatic rings. The fourth-order valence-electron chi connectivity index (χ4n) is 2.43. The van der Waals surface area contributed by atoms with Crippen molar-refractivity contribution in [3.05, 3.63) is 54.8 Å². The molecule has 0 aromatic heterocycles. The van der Waals surface area contributed by atoms with Crippen LogP contribution in [0.15, 0.2) is 49.2 Å². The van der Waals surface area contributed by atoms with Crippen LogP contribution in [-0.4, -0.2) is 29.3 Å². The summed E-state index contributed by atoms with van der Waals surface area (Å²) in [5, 5.41) is 5.14. The molecule has 0 radical (unpaired) electrons. The molecule has 1 aliphatic rings. The summed E-state index contributed by atoms with van der Waals surface area (Å²) in [7, 11) is 0. The molecule has 0 spiro atoms. The smallest absolute Gasteiger partial charge is 0.331 e. The molecule has 0 aliphatic carbocycles. The van der Waals surface area contributed by atoms with Gasteiger partial charge in [-0.05, 0) is 23.6 Å². The number of urea groups is 1. The van der Waals surface area contributed by atoms with E-state index in [1.807, 2.05) is 24.3 Å².